The van der Waals surface area contributed by atoms with Crippen LogP contribution >= 0.6 is 12.4 Å². The normalized spacial score (nSPS) is 73.0. The second-order valence-electron chi connectivity index (χ2n) is 10.8. The van der Waals surface area contributed by atoms with E-state index >= 15 is 0 Å². The molecule has 3 N–H and O–H groups in total. The Morgan fingerprint density at radius 3 is 2.60 bits per heavy atom. The van der Waals surface area contributed by atoms with Crippen LogP contribution in [0.5, 0.6) is 0 Å². The summed E-state index contributed by atoms with van der Waals surface area (Å²) in [6.45, 7) is 7.72. The van der Waals surface area contributed by atoms with Gasteiger partial charge in [0.05, 0.1) is 18.3 Å². The minimum atomic E-state index is -0.460. The van der Waals surface area contributed by atoms with E-state index in [1.165, 1.54) is 0 Å². The number of rotatable bonds is 0. The second kappa shape index (κ2) is 4.00. The Hall–Kier alpha value is -0.130. The number of hydrogen-bond donors (Lipinski definition) is 3. The first-order chi connectivity index (χ1) is 11.4. The molecule has 9 rings (SSSR count). The molecule has 9 bridgehead atoms. The van der Waals surface area contributed by atoms with Gasteiger partial charge >= 0.3 is 0 Å². The lowest BCUT2D eigenvalue weighted by Gasteiger charge is -2.65. The van der Waals surface area contributed by atoms with Crippen molar-refractivity contribution in [1.82, 2.24) is 4.90 Å². The molecule has 0 aromatic heterocycles. The third-order valence-electron chi connectivity index (χ3n) is 10.1. The zero-order valence-electron chi connectivity index (χ0n) is 14.6. The Morgan fingerprint density at radius 2 is 1.84 bits per heavy atom. The highest BCUT2D eigenvalue weighted by molar-refractivity contribution is 5.85. The molecular weight excluding hydrogens is 338 g/mol. The van der Waals surface area contributed by atoms with Gasteiger partial charge in [-0.3, -0.25) is 4.90 Å². The molecule has 2 spiro atoms. The molecule has 5 heteroatoms. The maximum atomic E-state index is 11.3. The van der Waals surface area contributed by atoms with Gasteiger partial charge in [0.25, 0.3) is 0 Å². The molecule has 6 unspecified atom stereocenters. The van der Waals surface area contributed by atoms with Crippen molar-refractivity contribution in [3.05, 3.63) is 12.2 Å². The van der Waals surface area contributed by atoms with E-state index < -0.39 is 12.2 Å². The fourth-order valence-electron chi connectivity index (χ4n) is 10.7. The summed E-state index contributed by atoms with van der Waals surface area (Å²) >= 11 is 0. The number of fused-ring (bicyclic) bond motifs is 1. The average molecular weight is 366 g/mol. The SMILES string of the molecule is C=C1C[C@]23CC4C5C67C[C@@H](O)C[C@@]5(C)CN4[C@@H]6C2[C@@H](O)[C@H]1[C@@H](O)C73.Cl. The summed E-state index contributed by atoms with van der Waals surface area (Å²) in [6.07, 6.45) is 2.76. The van der Waals surface area contributed by atoms with Crippen LogP contribution in [-0.2, 0) is 0 Å². The third-order valence-corrected chi connectivity index (χ3v) is 10.1. The van der Waals surface area contributed by atoms with Crippen LogP contribution in [0.4, 0.5) is 0 Å². The van der Waals surface area contributed by atoms with Crippen molar-refractivity contribution in [1.29, 1.82) is 0 Å². The van der Waals surface area contributed by atoms with Gasteiger partial charge in [-0.1, -0.05) is 19.1 Å². The molecule has 9 aliphatic rings. The van der Waals surface area contributed by atoms with Crippen molar-refractivity contribution in [2.24, 2.45) is 39.9 Å². The lowest BCUT2D eigenvalue weighted by molar-refractivity contribution is -0.213. The van der Waals surface area contributed by atoms with E-state index in [0.717, 1.165) is 37.8 Å². The van der Waals surface area contributed by atoms with Crippen LogP contribution in [0.2, 0.25) is 0 Å². The number of hydrogen-bond acceptors (Lipinski definition) is 4. The van der Waals surface area contributed by atoms with Crippen LogP contribution in [0.25, 0.3) is 0 Å². The zero-order chi connectivity index (χ0) is 16.4. The Balaban J connectivity index is 0.00000129. The molecule has 6 aliphatic carbocycles. The highest BCUT2D eigenvalue weighted by atomic mass is 35.5. The molecular formula is C20H28ClNO3. The standard InChI is InChI=1S/C20H27NO3.ClH/c1-8-3-19-6-10-15-18(2)4-9(22)5-20(15)16(19)14(24)11(8)13(23)12(19)17(20)21(10)7-18;/h9-17,22-24H,1,3-7H2,2H3;1H/t9-,10?,11-,12?,13-,14+,15?,16?,17+,18-,19-,20?;/m0./s1. The minimum Gasteiger partial charge on any atom is -0.393 e. The maximum absolute atomic E-state index is 11.3. The largest absolute Gasteiger partial charge is 0.393 e. The molecule has 0 aromatic carbocycles. The van der Waals surface area contributed by atoms with Gasteiger partial charge in [-0.15, -0.1) is 12.4 Å². The first kappa shape index (κ1) is 15.9. The number of halogens is 1. The van der Waals surface area contributed by atoms with Crippen LogP contribution < -0.4 is 0 Å². The quantitative estimate of drug-likeness (QED) is 0.564. The van der Waals surface area contributed by atoms with Gasteiger partial charge in [-0.05, 0) is 53.8 Å². The summed E-state index contributed by atoms with van der Waals surface area (Å²) in [5.41, 5.74) is 1.37. The summed E-state index contributed by atoms with van der Waals surface area (Å²) in [4.78, 5) is 2.73. The van der Waals surface area contributed by atoms with E-state index in [0.29, 0.717) is 18.0 Å². The first-order valence-electron chi connectivity index (χ1n) is 9.83. The fourth-order valence-corrected chi connectivity index (χ4v) is 10.7. The van der Waals surface area contributed by atoms with E-state index in [2.05, 4.69) is 18.4 Å². The number of aliphatic hydroxyl groups is 3. The van der Waals surface area contributed by atoms with Crippen LogP contribution in [0.15, 0.2) is 12.2 Å². The van der Waals surface area contributed by atoms with Gasteiger partial charge in [0.2, 0.25) is 0 Å². The van der Waals surface area contributed by atoms with Crippen molar-refractivity contribution in [3.63, 3.8) is 0 Å². The van der Waals surface area contributed by atoms with E-state index in [-0.39, 0.29) is 52.5 Å². The lowest BCUT2D eigenvalue weighted by Crippen LogP contribution is -2.67. The first-order valence-corrected chi connectivity index (χ1v) is 9.83. The Kier molecular flexibility index (Phi) is 2.54. The number of nitrogens with zero attached hydrogens (tertiary/aromatic N) is 1. The summed E-state index contributed by atoms with van der Waals surface area (Å²) in [7, 11) is 0. The van der Waals surface area contributed by atoms with Crippen molar-refractivity contribution in [2.75, 3.05) is 6.54 Å². The molecule has 138 valence electrons. The molecule has 25 heavy (non-hydrogen) atoms. The van der Waals surface area contributed by atoms with Crippen molar-refractivity contribution in [2.45, 2.75) is 63.0 Å². The van der Waals surface area contributed by atoms with E-state index in [9.17, 15) is 15.3 Å². The molecule has 4 nitrogen and oxygen atoms in total. The second-order valence-corrected chi connectivity index (χ2v) is 10.8. The van der Waals surface area contributed by atoms with Crippen LogP contribution in [0.1, 0.15) is 32.6 Å². The minimum absolute atomic E-state index is 0. The Morgan fingerprint density at radius 1 is 1.08 bits per heavy atom. The summed E-state index contributed by atoms with van der Waals surface area (Å²) < 4.78 is 0. The van der Waals surface area contributed by atoms with Gasteiger partial charge < -0.3 is 15.3 Å². The average Bonchev–Trinajstić information content (AvgIpc) is 2.88. The smallest absolute Gasteiger partial charge is 0.0679 e. The van der Waals surface area contributed by atoms with Crippen molar-refractivity contribution < 1.29 is 15.3 Å². The highest BCUT2D eigenvalue weighted by Crippen LogP contribution is 2.86. The third kappa shape index (κ3) is 1.22. The van der Waals surface area contributed by atoms with Gasteiger partial charge in [-0.25, -0.2) is 0 Å². The molecule has 13 atom stereocenters. The topological polar surface area (TPSA) is 63.9 Å². The Bertz CT molecular complexity index is 715. The molecule has 3 saturated heterocycles. The number of aliphatic hydroxyl groups excluding tert-OH is 3. The van der Waals surface area contributed by atoms with Crippen LogP contribution in [-0.4, -0.2) is 57.2 Å². The van der Waals surface area contributed by atoms with Gasteiger partial charge in [0, 0.05) is 30.5 Å². The molecule has 0 radical (unpaired) electrons. The van der Waals surface area contributed by atoms with Gasteiger partial charge in [-0.2, -0.15) is 0 Å². The van der Waals surface area contributed by atoms with E-state index in [1.54, 1.807) is 0 Å². The maximum Gasteiger partial charge on any atom is 0.0679 e. The van der Waals surface area contributed by atoms with Gasteiger partial charge in [0.15, 0.2) is 0 Å². The molecule has 6 saturated carbocycles. The molecule has 0 aromatic rings. The van der Waals surface area contributed by atoms with Crippen LogP contribution in [0.3, 0.4) is 0 Å². The number of piperidine rings is 2. The molecule has 9 fully saturated rings. The van der Waals surface area contributed by atoms with Crippen LogP contribution in [0, 0.1) is 39.9 Å². The molecule has 3 heterocycles. The molecule has 3 aliphatic heterocycles. The summed E-state index contributed by atoms with van der Waals surface area (Å²) in [5.74, 6) is 1.02. The van der Waals surface area contributed by atoms with Crippen molar-refractivity contribution >= 4 is 12.4 Å². The van der Waals surface area contributed by atoms with E-state index in [1.807, 2.05) is 0 Å². The van der Waals surface area contributed by atoms with Gasteiger partial charge in [0.1, 0.15) is 0 Å². The lowest BCUT2D eigenvalue weighted by atomic mass is 9.39. The summed E-state index contributed by atoms with van der Waals surface area (Å²) in [5, 5.41) is 33.3. The fraction of sp³-hybridized carbons (Fsp3) is 0.900. The predicted octanol–water partition coefficient (Wildman–Crippen LogP) is 1.19. The van der Waals surface area contributed by atoms with Crippen molar-refractivity contribution in [3.8, 4) is 0 Å². The summed E-state index contributed by atoms with van der Waals surface area (Å²) in [6, 6.07) is 0.999. The monoisotopic (exact) mass is 365 g/mol. The highest BCUT2D eigenvalue weighted by Gasteiger charge is 2.90. The Labute approximate surface area is 154 Å². The predicted molar refractivity (Wildman–Crippen MR) is 94.1 cm³/mol. The van der Waals surface area contributed by atoms with E-state index in [4.69, 9.17) is 0 Å². The zero-order valence-corrected chi connectivity index (χ0v) is 15.5. The molecule has 0 amide bonds.